The van der Waals surface area contributed by atoms with Gasteiger partial charge in [0.2, 0.25) is 0 Å². The van der Waals surface area contributed by atoms with E-state index in [1.807, 2.05) is 6.92 Å². The number of carboxylic acids is 1. The summed E-state index contributed by atoms with van der Waals surface area (Å²) in [5.41, 5.74) is 0. The van der Waals surface area contributed by atoms with Crippen LogP contribution in [-0.2, 0) is 4.79 Å². The molecule has 0 aromatic heterocycles. The molecule has 0 heterocycles. The number of hydrogen-bond donors (Lipinski definition) is 1. The third-order valence-electron chi connectivity index (χ3n) is 5.50. The van der Waals surface area contributed by atoms with E-state index in [9.17, 15) is 4.79 Å². The first-order valence-electron chi connectivity index (χ1n) is 11.4. The Kier molecular flexibility index (Phi) is 19.4. The van der Waals surface area contributed by atoms with Crippen LogP contribution in [0.4, 0.5) is 0 Å². The molecule has 0 aromatic rings. The summed E-state index contributed by atoms with van der Waals surface area (Å²) >= 11 is 0. The van der Waals surface area contributed by atoms with Crippen molar-refractivity contribution >= 4 is 5.97 Å². The van der Waals surface area contributed by atoms with E-state index >= 15 is 0 Å². The third kappa shape index (κ3) is 18.1. The molecule has 0 fully saturated rings. The lowest BCUT2D eigenvalue weighted by atomic mass is 9.98. The largest absolute Gasteiger partial charge is 0.481 e. The van der Waals surface area contributed by atoms with Crippen LogP contribution in [0.3, 0.4) is 0 Å². The van der Waals surface area contributed by atoms with Crippen LogP contribution in [0, 0.1) is 5.92 Å². The van der Waals surface area contributed by atoms with Crippen LogP contribution in [0.2, 0.25) is 0 Å². The van der Waals surface area contributed by atoms with E-state index < -0.39 is 5.97 Å². The average Bonchev–Trinajstić information content (AvgIpc) is 2.60. The van der Waals surface area contributed by atoms with E-state index in [0.29, 0.717) is 0 Å². The van der Waals surface area contributed by atoms with Crippen LogP contribution in [0.1, 0.15) is 136 Å². The molecule has 0 aliphatic rings. The van der Waals surface area contributed by atoms with E-state index in [1.54, 1.807) is 0 Å². The predicted octanol–water partition coefficient (Wildman–Crippen LogP) is 8.14. The zero-order chi connectivity index (χ0) is 18.6. The normalized spacial score (nSPS) is 12.4. The van der Waals surface area contributed by atoms with Gasteiger partial charge in [-0.15, -0.1) is 0 Å². The van der Waals surface area contributed by atoms with Crippen molar-refractivity contribution in [3.63, 3.8) is 0 Å². The van der Waals surface area contributed by atoms with Gasteiger partial charge in [-0.25, -0.2) is 0 Å². The van der Waals surface area contributed by atoms with Gasteiger partial charge in [0.15, 0.2) is 0 Å². The van der Waals surface area contributed by atoms with Crippen LogP contribution in [0.25, 0.3) is 0 Å². The molecule has 25 heavy (non-hydrogen) atoms. The highest BCUT2D eigenvalue weighted by Gasteiger charge is 2.13. The Morgan fingerprint density at radius 1 is 0.600 bits per heavy atom. The fourth-order valence-corrected chi connectivity index (χ4v) is 3.62. The lowest BCUT2D eigenvalue weighted by Gasteiger charge is -2.08. The van der Waals surface area contributed by atoms with Gasteiger partial charge in [0.1, 0.15) is 0 Å². The minimum atomic E-state index is -0.612. The fraction of sp³-hybridized carbons (Fsp3) is 0.957. The molecule has 150 valence electrons. The molecule has 2 heteroatoms. The van der Waals surface area contributed by atoms with Crippen molar-refractivity contribution in [1.82, 2.24) is 0 Å². The van der Waals surface area contributed by atoms with Crippen molar-refractivity contribution in [3.05, 3.63) is 0 Å². The topological polar surface area (TPSA) is 37.3 Å². The number of hydrogen-bond acceptors (Lipinski definition) is 1. The summed E-state index contributed by atoms with van der Waals surface area (Å²) in [5, 5.41) is 9.01. The molecule has 0 radical (unpaired) electrons. The first kappa shape index (κ1) is 24.5. The van der Waals surface area contributed by atoms with E-state index in [1.165, 1.54) is 103 Å². The second-order valence-electron chi connectivity index (χ2n) is 7.89. The second-order valence-corrected chi connectivity index (χ2v) is 7.89. The fourth-order valence-electron chi connectivity index (χ4n) is 3.62. The molecule has 0 aliphatic heterocycles. The quantitative estimate of drug-likeness (QED) is 0.224. The minimum Gasteiger partial charge on any atom is -0.481 e. The lowest BCUT2D eigenvalue weighted by molar-refractivity contribution is -0.142. The highest BCUT2D eigenvalue weighted by molar-refractivity contribution is 5.69. The first-order valence-corrected chi connectivity index (χ1v) is 11.4. The van der Waals surface area contributed by atoms with Gasteiger partial charge in [0.05, 0.1) is 5.92 Å². The molecule has 0 aromatic carbocycles. The van der Waals surface area contributed by atoms with Crippen LogP contribution in [-0.4, -0.2) is 11.1 Å². The van der Waals surface area contributed by atoms with Crippen molar-refractivity contribution < 1.29 is 9.90 Å². The van der Waals surface area contributed by atoms with E-state index in [0.717, 1.165) is 19.3 Å². The Morgan fingerprint density at radius 3 is 1.20 bits per heavy atom. The molecule has 0 bridgehead atoms. The molecule has 2 nitrogen and oxygen atoms in total. The summed E-state index contributed by atoms with van der Waals surface area (Å²) in [6, 6.07) is 0. The van der Waals surface area contributed by atoms with Crippen molar-refractivity contribution in [2.45, 2.75) is 136 Å². The van der Waals surface area contributed by atoms with Crippen LogP contribution in [0.15, 0.2) is 0 Å². The number of carboxylic acid groups (broad SMARTS) is 1. The van der Waals surface area contributed by atoms with E-state index in [4.69, 9.17) is 5.11 Å². The van der Waals surface area contributed by atoms with Gasteiger partial charge in [-0.2, -0.15) is 0 Å². The maximum atomic E-state index is 10.9. The molecule has 0 rings (SSSR count). The molecule has 1 atom stereocenters. The number of unbranched alkanes of at least 4 members (excludes halogenated alkanes) is 16. The number of carbonyl (C=O) groups is 1. The van der Waals surface area contributed by atoms with Gasteiger partial charge < -0.3 is 5.11 Å². The van der Waals surface area contributed by atoms with Gasteiger partial charge >= 0.3 is 5.97 Å². The third-order valence-corrected chi connectivity index (χ3v) is 5.50. The predicted molar refractivity (Wildman–Crippen MR) is 110 cm³/mol. The molecule has 1 N–H and O–H groups in total. The van der Waals surface area contributed by atoms with Crippen molar-refractivity contribution in [2.24, 2.45) is 5.92 Å². The second kappa shape index (κ2) is 19.8. The summed E-state index contributed by atoms with van der Waals surface area (Å²) in [6.45, 7) is 4.26. The highest BCUT2D eigenvalue weighted by Crippen LogP contribution is 2.16. The van der Waals surface area contributed by atoms with Gasteiger partial charge in [-0.05, 0) is 12.8 Å². The lowest BCUT2D eigenvalue weighted by Crippen LogP contribution is -2.12. The van der Waals surface area contributed by atoms with Crippen LogP contribution in [0.5, 0.6) is 0 Å². The monoisotopic (exact) mass is 354 g/mol. The van der Waals surface area contributed by atoms with E-state index in [2.05, 4.69) is 6.92 Å². The molecule has 0 amide bonds. The van der Waals surface area contributed by atoms with Crippen molar-refractivity contribution in [1.29, 1.82) is 0 Å². The van der Waals surface area contributed by atoms with Gasteiger partial charge in [-0.1, -0.05) is 123 Å². The maximum Gasteiger partial charge on any atom is 0.306 e. The zero-order valence-electron chi connectivity index (χ0n) is 17.4. The standard InChI is InChI=1S/C23H46O2/c1-3-5-6-7-8-9-10-11-12-13-14-15-16-17-18-19-20-21-22(4-2)23(24)25/h22H,3-21H2,1-2H3,(H,24,25)/t22-/m1/s1. The van der Waals surface area contributed by atoms with Gasteiger partial charge in [0, 0.05) is 0 Å². The Balaban J connectivity index is 3.11. The van der Waals surface area contributed by atoms with Gasteiger partial charge in [-0.3, -0.25) is 4.79 Å². The summed E-state index contributed by atoms with van der Waals surface area (Å²) in [6.07, 6.45) is 25.0. The number of rotatable bonds is 20. The number of aliphatic carboxylic acids is 1. The summed E-state index contributed by atoms with van der Waals surface area (Å²) in [5.74, 6) is -0.727. The summed E-state index contributed by atoms with van der Waals surface area (Å²) < 4.78 is 0. The molecular formula is C23H46O2. The summed E-state index contributed by atoms with van der Waals surface area (Å²) in [4.78, 5) is 10.9. The van der Waals surface area contributed by atoms with Crippen LogP contribution < -0.4 is 0 Å². The van der Waals surface area contributed by atoms with Gasteiger partial charge in [0.25, 0.3) is 0 Å². The molecule has 0 saturated carbocycles. The molecular weight excluding hydrogens is 308 g/mol. The first-order chi connectivity index (χ1) is 12.2. The van der Waals surface area contributed by atoms with Crippen molar-refractivity contribution in [3.8, 4) is 0 Å². The Hall–Kier alpha value is -0.530. The van der Waals surface area contributed by atoms with E-state index in [-0.39, 0.29) is 5.92 Å². The Bertz CT molecular complexity index is 275. The Labute approximate surface area is 158 Å². The minimum absolute atomic E-state index is 0.114. The molecule has 0 spiro atoms. The molecule has 0 saturated heterocycles. The zero-order valence-corrected chi connectivity index (χ0v) is 17.4. The maximum absolute atomic E-state index is 10.9. The highest BCUT2D eigenvalue weighted by atomic mass is 16.4. The summed E-state index contributed by atoms with van der Waals surface area (Å²) in [7, 11) is 0. The SMILES string of the molecule is CCCCCCCCCCCCCCCCCCC[C@@H](CC)C(=O)O. The van der Waals surface area contributed by atoms with Crippen LogP contribution >= 0.6 is 0 Å². The smallest absolute Gasteiger partial charge is 0.306 e. The average molecular weight is 355 g/mol. The molecule has 0 unspecified atom stereocenters. The molecule has 0 aliphatic carbocycles. The van der Waals surface area contributed by atoms with Crippen molar-refractivity contribution in [2.75, 3.05) is 0 Å². The Morgan fingerprint density at radius 2 is 0.920 bits per heavy atom.